The average Bonchev–Trinajstić information content (AvgIpc) is 2.92. The normalized spacial score (nSPS) is 12.9. The Labute approximate surface area is 129 Å². The lowest BCUT2D eigenvalue weighted by atomic mass is 10.0. The van der Waals surface area contributed by atoms with Crippen LogP contribution in [0.1, 0.15) is 38.6 Å². The molecule has 114 valence electrons. The zero-order valence-corrected chi connectivity index (χ0v) is 13.9. The molecule has 0 saturated carbocycles. The molecule has 1 atom stereocenters. The van der Waals surface area contributed by atoms with Crippen molar-refractivity contribution in [3.63, 3.8) is 0 Å². The molecule has 0 spiro atoms. The largest absolute Gasteiger partial charge is 0.358 e. The number of aromatic nitrogens is 2. The monoisotopic (exact) mass is 305 g/mol. The van der Waals surface area contributed by atoms with Crippen LogP contribution in [-0.2, 0) is 6.54 Å². The quantitative estimate of drug-likeness (QED) is 0.883. The summed E-state index contributed by atoms with van der Waals surface area (Å²) in [6.45, 7) is 9.20. The molecule has 0 amide bonds. The average molecular weight is 305 g/mol. The number of nitrogens with zero attached hydrogens (tertiary/aromatic N) is 2. The molecule has 5 heteroatoms. The summed E-state index contributed by atoms with van der Waals surface area (Å²) < 4.78 is 1.73. The Bertz CT molecular complexity index is 617. The third kappa shape index (κ3) is 3.94. The third-order valence-corrected chi connectivity index (χ3v) is 4.24. The molecule has 0 fully saturated rings. The molecule has 1 unspecified atom stereocenters. The van der Waals surface area contributed by atoms with Gasteiger partial charge in [-0.05, 0) is 23.3 Å². The van der Waals surface area contributed by atoms with Gasteiger partial charge in [-0.1, -0.05) is 33.8 Å². The van der Waals surface area contributed by atoms with E-state index in [4.69, 9.17) is 0 Å². The first-order valence-corrected chi connectivity index (χ1v) is 8.22. The number of nitrogens with one attached hydrogen (secondary N) is 1. The molecule has 0 aliphatic rings. The molecule has 0 radical (unpaired) electrons. The maximum absolute atomic E-state index is 12.5. The van der Waals surface area contributed by atoms with E-state index in [1.165, 1.54) is 4.88 Å². The van der Waals surface area contributed by atoms with Gasteiger partial charge in [-0.3, -0.25) is 4.79 Å². The topological polar surface area (TPSA) is 46.9 Å². The first-order valence-electron chi connectivity index (χ1n) is 7.34. The summed E-state index contributed by atoms with van der Waals surface area (Å²) in [6, 6.07) is 4.24. The van der Waals surface area contributed by atoms with E-state index in [1.54, 1.807) is 28.3 Å². The molecule has 2 aromatic heterocycles. The summed E-state index contributed by atoms with van der Waals surface area (Å²) in [7, 11) is 0. The van der Waals surface area contributed by atoms with Gasteiger partial charge in [0, 0.05) is 23.8 Å². The van der Waals surface area contributed by atoms with Gasteiger partial charge in [0.2, 0.25) is 0 Å². The minimum Gasteiger partial charge on any atom is -0.358 e. The number of hydrogen-bond donors (Lipinski definition) is 1. The lowest BCUT2D eigenvalue weighted by Gasteiger charge is -2.22. The Morgan fingerprint density at radius 2 is 2.10 bits per heavy atom. The zero-order chi connectivity index (χ0) is 15.4. The molecular weight excluding hydrogens is 282 g/mol. The van der Waals surface area contributed by atoms with Crippen molar-refractivity contribution in [3.8, 4) is 0 Å². The molecule has 2 heterocycles. The lowest BCUT2D eigenvalue weighted by Crippen LogP contribution is -2.28. The van der Waals surface area contributed by atoms with Crippen molar-refractivity contribution in [2.45, 2.75) is 40.3 Å². The first-order chi connectivity index (χ1) is 9.99. The van der Waals surface area contributed by atoms with Gasteiger partial charge in [0.15, 0.2) is 5.82 Å². The second-order valence-electron chi connectivity index (χ2n) is 6.01. The van der Waals surface area contributed by atoms with E-state index in [-0.39, 0.29) is 11.6 Å². The van der Waals surface area contributed by atoms with E-state index in [0.717, 1.165) is 0 Å². The molecule has 0 aliphatic heterocycles. The van der Waals surface area contributed by atoms with E-state index >= 15 is 0 Å². The molecule has 21 heavy (non-hydrogen) atoms. The fourth-order valence-electron chi connectivity index (χ4n) is 2.27. The van der Waals surface area contributed by atoms with E-state index < -0.39 is 0 Å². The van der Waals surface area contributed by atoms with Crippen molar-refractivity contribution in [1.29, 1.82) is 0 Å². The van der Waals surface area contributed by atoms with Crippen LogP contribution in [0, 0.1) is 11.8 Å². The molecule has 0 aliphatic carbocycles. The van der Waals surface area contributed by atoms with E-state index in [0.29, 0.717) is 24.2 Å². The highest BCUT2D eigenvalue weighted by Crippen LogP contribution is 2.28. The Morgan fingerprint density at radius 3 is 2.67 bits per heavy atom. The van der Waals surface area contributed by atoms with Crippen LogP contribution in [-0.4, -0.2) is 9.55 Å². The van der Waals surface area contributed by atoms with Crippen LogP contribution in [0.15, 0.2) is 34.7 Å². The van der Waals surface area contributed by atoms with Gasteiger partial charge < -0.3 is 9.88 Å². The zero-order valence-electron chi connectivity index (χ0n) is 13.0. The van der Waals surface area contributed by atoms with Crippen molar-refractivity contribution in [2.75, 3.05) is 5.32 Å². The number of hydrogen-bond acceptors (Lipinski definition) is 4. The van der Waals surface area contributed by atoms with E-state index in [9.17, 15) is 4.79 Å². The van der Waals surface area contributed by atoms with Crippen molar-refractivity contribution in [3.05, 3.63) is 45.1 Å². The Kier molecular flexibility index (Phi) is 5.17. The fraction of sp³-hybridized carbons (Fsp3) is 0.500. The molecule has 0 saturated heterocycles. The van der Waals surface area contributed by atoms with Crippen LogP contribution in [0.2, 0.25) is 0 Å². The van der Waals surface area contributed by atoms with Crippen LogP contribution in [0.4, 0.5) is 5.82 Å². The summed E-state index contributed by atoms with van der Waals surface area (Å²) >= 11 is 1.70. The van der Waals surface area contributed by atoms with Crippen molar-refractivity contribution < 1.29 is 0 Å². The SMILES string of the molecule is CC(C)Cn1ccnc(NC(c2cccs2)C(C)C)c1=O. The van der Waals surface area contributed by atoms with E-state index in [2.05, 4.69) is 49.4 Å². The van der Waals surface area contributed by atoms with Crippen LogP contribution >= 0.6 is 11.3 Å². The van der Waals surface area contributed by atoms with Crippen molar-refractivity contribution >= 4 is 17.2 Å². The van der Waals surface area contributed by atoms with Crippen LogP contribution in [0.25, 0.3) is 0 Å². The highest BCUT2D eigenvalue weighted by atomic mass is 32.1. The van der Waals surface area contributed by atoms with Crippen LogP contribution < -0.4 is 10.9 Å². The van der Waals surface area contributed by atoms with Crippen molar-refractivity contribution in [2.24, 2.45) is 11.8 Å². The van der Waals surface area contributed by atoms with Gasteiger partial charge in [0.25, 0.3) is 5.56 Å². The summed E-state index contributed by atoms with van der Waals surface area (Å²) in [5, 5.41) is 5.39. The summed E-state index contributed by atoms with van der Waals surface area (Å²) in [4.78, 5) is 17.9. The van der Waals surface area contributed by atoms with E-state index in [1.807, 2.05) is 6.07 Å². The smallest absolute Gasteiger partial charge is 0.293 e. The maximum atomic E-state index is 12.5. The lowest BCUT2D eigenvalue weighted by molar-refractivity contribution is 0.506. The Balaban J connectivity index is 2.27. The van der Waals surface area contributed by atoms with Gasteiger partial charge >= 0.3 is 0 Å². The van der Waals surface area contributed by atoms with Gasteiger partial charge in [0.05, 0.1) is 6.04 Å². The Morgan fingerprint density at radius 1 is 1.33 bits per heavy atom. The molecule has 1 N–H and O–H groups in total. The second-order valence-corrected chi connectivity index (χ2v) is 6.99. The highest BCUT2D eigenvalue weighted by Gasteiger charge is 2.19. The second kappa shape index (κ2) is 6.89. The summed E-state index contributed by atoms with van der Waals surface area (Å²) in [5.41, 5.74) is -0.0478. The first kappa shape index (κ1) is 15.8. The molecule has 0 aromatic carbocycles. The molecular formula is C16H23N3OS. The molecule has 4 nitrogen and oxygen atoms in total. The van der Waals surface area contributed by atoms with Gasteiger partial charge in [-0.2, -0.15) is 0 Å². The predicted octanol–water partition coefficient (Wildman–Crippen LogP) is 3.77. The number of thiophene rings is 1. The highest BCUT2D eigenvalue weighted by molar-refractivity contribution is 7.10. The number of rotatable bonds is 6. The molecule has 2 rings (SSSR count). The summed E-state index contributed by atoms with van der Waals surface area (Å²) in [5.74, 6) is 1.24. The molecule has 0 bridgehead atoms. The standard InChI is InChI=1S/C16H23N3OS/c1-11(2)10-19-8-7-17-15(16(19)20)18-14(12(3)4)13-6-5-9-21-13/h5-9,11-12,14H,10H2,1-4H3,(H,17,18). The maximum Gasteiger partial charge on any atom is 0.293 e. The molecule has 2 aromatic rings. The van der Waals surface area contributed by atoms with Gasteiger partial charge in [-0.25, -0.2) is 4.98 Å². The fourth-order valence-corrected chi connectivity index (χ4v) is 3.21. The summed E-state index contributed by atoms with van der Waals surface area (Å²) in [6.07, 6.45) is 3.45. The predicted molar refractivity (Wildman–Crippen MR) is 88.9 cm³/mol. The Hall–Kier alpha value is -1.62. The minimum absolute atomic E-state index is 0.0478. The third-order valence-electron chi connectivity index (χ3n) is 3.28. The van der Waals surface area contributed by atoms with Gasteiger partial charge in [0.1, 0.15) is 0 Å². The minimum atomic E-state index is -0.0478. The van der Waals surface area contributed by atoms with Gasteiger partial charge in [-0.15, -0.1) is 11.3 Å². The number of anilines is 1. The van der Waals surface area contributed by atoms with Crippen LogP contribution in [0.5, 0.6) is 0 Å². The van der Waals surface area contributed by atoms with Crippen molar-refractivity contribution in [1.82, 2.24) is 9.55 Å². The van der Waals surface area contributed by atoms with Crippen LogP contribution in [0.3, 0.4) is 0 Å².